The number of nitrogens with two attached hydrogens (primary N) is 1. The highest BCUT2D eigenvalue weighted by molar-refractivity contribution is 5.97. The number of nitrogens with one attached hydrogen (secondary N) is 2. The van der Waals surface area contributed by atoms with Gasteiger partial charge in [0, 0.05) is 30.3 Å². The molecule has 0 radical (unpaired) electrons. The van der Waals surface area contributed by atoms with Crippen LogP contribution in [0.3, 0.4) is 0 Å². The minimum absolute atomic E-state index is 0.0539. The highest BCUT2D eigenvalue weighted by atomic mass is 16.2. The second-order valence-corrected chi connectivity index (χ2v) is 5.25. The van der Waals surface area contributed by atoms with Crippen LogP contribution >= 0.6 is 0 Å². The Hall–Kier alpha value is -1.88. The summed E-state index contributed by atoms with van der Waals surface area (Å²) in [6.45, 7) is 4.57. The molecule has 0 spiro atoms. The average molecular weight is 291 g/mol. The van der Waals surface area contributed by atoms with E-state index in [-0.39, 0.29) is 17.9 Å². The monoisotopic (exact) mass is 291 g/mol. The largest absolute Gasteiger partial charge is 0.352 e. The molecule has 2 amide bonds. The van der Waals surface area contributed by atoms with Gasteiger partial charge in [-0.05, 0) is 44.4 Å². The molecule has 1 unspecified atom stereocenters. The van der Waals surface area contributed by atoms with Gasteiger partial charge in [-0.2, -0.15) is 0 Å². The summed E-state index contributed by atoms with van der Waals surface area (Å²) in [5.74, 6) is -0.174. The maximum absolute atomic E-state index is 11.9. The summed E-state index contributed by atoms with van der Waals surface area (Å²) < 4.78 is 0. The van der Waals surface area contributed by atoms with Crippen LogP contribution in [0.25, 0.3) is 0 Å². The third kappa shape index (κ3) is 6.90. The zero-order valence-electron chi connectivity index (χ0n) is 12.8. The van der Waals surface area contributed by atoms with E-state index in [1.54, 1.807) is 24.3 Å². The summed E-state index contributed by atoms with van der Waals surface area (Å²) >= 11 is 0. The lowest BCUT2D eigenvalue weighted by Crippen LogP contribution is -2.24. The van der Waals surface area contributed by atoms with Crippen LogP contribution in [0.4, 0.5) is 5.69 Å². The summed E-state index contributed by atoms with van der Waals surface area (Å²) in [5, 5.41) is 5.62. The number of benzene rings is 1. The van der Waals surface area contributed by atoms with E-state index < -0.39 is 0 Å². The predicted molar refractivity (Wildman–Crippen MR) is 85.2 cm³/mol. The standard InChI is InChI=1S/C16H25N3O2/c1-3-10-18-16(21)13-7-5-8-14(11-13)19-15(20)9-4-6-12(2)17/h5,7-8,11-12H,3-4,6,9-10,17H2,1-2H3,(H,18,21)(H,19,20). The van der Waals surface area contributed by atoms with Gasteiger partial charge in [0.15, 0.2) is 0 Å². The minimum atomic E-state index is -0.120. The van der Waals surface area contributed by atoms with Crippen LogP contribution in [0.1, 0.15) is 49.9 Å². The molecule has 0 aliphatic rings. The first-order valence-corrected chi connectivity index (χ1v) is 7.46. The van der Waals surface area contributed by atoms with Crippen molar-refractivity contribution in [3.63, 3.8) is 0 Å². The fourth-order valence-corrected chi connectivity index (χ4v) is 1.89. The molecular formula is C16H25N3O2. The Morgan fingerprint density at radius 2 is 2.10 bits per heavy atom. The van der Waals surface area contributed by atoms with Crippen molar-refractivity contribution in [1.82, 2.24) is 5.32 Å². The van der Waals surface area contributed by atoms with Gasteiger partial charge < -0.3 is 16.4 Å². The molecule has 0 fully saturated rings. The fraction of sp³-hybridized carbons (Fsp3) is 0.500. The molecule has 1 aromatic carbocycles. The third-order valence-electron chi connectivity index (χ3n) is 3.01. The van der Waals surface area contributed by atoms with E-state index >= 15 is 0 Å². The van der Waals surface area contributed by atoms with Crippen molar-refractivity contribution in [1.29, 1.82) is 0 Å². The topological polar surface area (TPSA) is 84.2 Å². The number of hydrogen-bond acceptors (Lipinski definition) is 3. The van der Waals surface area contributed by atoms with Gasteiger partial charge in [0.05, 0.1) is 0 Å². The van der Waals surface area contributed by atoms with Gasteiger partial charge in [-0.1, -0.05) is 13.0 Å². The number of amides is 2. The number of anilines is 1. The Bertz CT molecular complexity index is 472. The maximum atomic E-state index is 11.9. The zero-order valence-corrected chi connectivity index (χ0v) is 12.8. The Kier molecular flexibility index (Phi) is 7.46. The third-order valence-corrected chi connectivity index (χ3v) is 3.01. The summed E-state index contributed by atoms with van der Waals surface area (Å²) in [5.41, 5.74) is 6.84. The molecule has 5 nitrogen and oxygen atoms in total. The van der Waals surface area contributed by atoms with Crippen molar-refractivity contribution in [2.24, 2.45) is 5.73 Å². The quantitative estimate of drug-likeness (QED) is 0.687. The molecule has 5 heteroatoms. The molecule has 0 saturated carbocycles. The lowest BCUT2D eigenvalue weighted by atomic mass is 10.1. The summed E-state index contributed by atoms with van der Waals surface area (Å²) in [4.78, 5) is 23.6. The van der Waals surface area contributed by atoms with E-state index in [0.29, 0.717) is 24.2 Å². The Balaban J connectivity index is 2.52. The van der Waals surface area contributed by atoms with E-state index in [9.17, 15) is 9.59 Å². The number of carbonyl (C=O) groups is 2. The van der Waals surface area contributed by atoms with Crippen molar-refractivity contribution in [3.8, 4) is 0 Å². The summed E-state index contributed by atoms with van der Waals surface area (Å²) in [6, 6.07) is 7.08. The second-order valence-electron chi connectivity index (χ2n) is 5.25. The number of carbonyl (C=O) groups excluding carboxylic acids is 2. The molecule has 21 heavy (non-hydrogen) atoms. The van der Waals surface area contributed by atoms with Crippen LogP contribution < -0.4 is 16.4 Å². The van der Waals surface area contributed by atoms with E-state index in [4.69, 9.17) is 5.73 Å². The summed E-state index contributed by atoms with van der Waals surface area (Å²) in [6.07, 6.45) is 2.92. The lowest BCUT2D eigenvalue weighted by molar-refractivity contribution is -0.116. The van der Waals surface area contributed by atoms with Crippen LogP contribution in [-0.2, 0) is 4.79 Å². The Morgan fingerprint density at radius 1 is 1.33 bits per heavy atom. The van der Waals surface area contributed by atoms with Gasteiger partial charge in [-0.3, -0.25) is 9.59 Å². The predicted octanol–water partition coefficient (Wildman–Crippen LogP) is 2.28. The van der Waals surface area contributed by atoms with Gasteiger partial charge >= 0.3 is 0 Å². The average Bonchev–Trinajstić information content (AvgIpc) is 2.44. The highest BCUT2D eigenvalue weighted by Crippen LogP contribution is 2.12. The van der Waals surface area contributed by atoms with Crippen molar-refractivity contribution in [2.45, 2.75) is 45.6 Å². The molecule has 0 bridgehead atoms. The minimum Gasteiger partial charge on any atom is -0.352 e. The zero-order chi connectivity index (χ0) is 15.7. The first-order chi connectivity index (χ1) is 10.0. The molecule has 0 aliphatic heterocycles. The molecule has 0 aliphatic carbocycles. The van der Waals surface area contributed by atoms with Gasteiger partial charge in [-0.15, -0.1) is 0 Å². The second kappa shape index (κ2) is 9.13. The molecular weight excluding hydrogens is 266 g/mol. The lowest BCUT2D eigenvalue weighted by Gasteiger charge is -2.08. The summed E-state index contributed by atoms with van der Waals surface area (Å²) in [7, 11) is 0. The SMILES string of the molecule is CCCNC(=O)c1cccc(NC(=O)CCCC(C)N)c1. The van der Waals surface area contributed by atoms with Gasteiger partial charge in [-0.25, -0.2) is 0 Å². The Morgan fingerprint density at radius 3 is 2.76 bits per heavy atom. The van der Waals surface area contributed by atoms with Gasteiger partial charge in [0.2, 0.25) is 5.91 Å². The van der Waals surface area contributed by atoms with Crippen LogP contribution in [0.5, 0.6) is 0 Å². The first-order valence-electron chi connectivity index (χ1n) is 7.46. The van der Waals surface area contributed by atoms with E-state index in [1.165, 1.54) is 0 Å². The van der Waals surface area contributed by atoms with Crippen molar-refractivity contribution in [3.05, 3.63) is 29.8 Å². The Labute approximate surface area is 126 Å². The highest BCUT2D eigenvalue weighted by Gasteiger charge is 2.07. The van der Waals surface area contributed by atoms with E-state index in [0.717, 1.165) is 19.3 Å². The van der Waals surface area contributed by atoms with Crippen LogP contribution in [-0.4, -0.2) is 24.4 Å². The molecule has 1 rings (SSSR count). The van der Waals surface area contributed by atoms with Gasteiger partial charge in [0.25, 0.3) is 5.91 Å². The van der Waals surface area contributed by atoms with Crippen LogP contribution in [0.15, 0.2) is 24.3 Å². The molecule has 0 saturated heterocycles. The number of hydrogen-bond donors (Lipinski definition) is 3. The molecule has 4 N–H and O–H groups in total. The molecule has 0 aromatic heterocycles. The van der Waals surface area contributed by atoms with E-state index in [1.807, 2.05) is 13.8 Å². The van der Waals surface area contributed by atoms with E-state index in [2.05, 4.69) is 10.6 Å². The molecule has 1 atom stereocenters. The molecule has 0 heterocycles. The first kappa shape index (κ1) is 17.2. The smallest absolute Gasteiger partial charge is 0.251 e. The van der Waals surface area contributed by atoms with Crippen molar-refractivity contribution in [2.75, 3.05) is 11.9 Å². The molecule has 116 valence electrons. The van der Waals surface area contributed by atoms with Crippen molar-refractivity contribution >= 4 is 17.5 Å². The number of rotatable bonds is 8. The molecule has 1 aromatic rings. The maximum Gasteiger partial charge on any atom is 0.251 e. The van der Waals surface area contributed by atoms with Crippen molar-refractivity contribution < 1.29 is 9.59 Å². The van der Waals surface area contributed by atoms with Gasteiger partial charge in [0.1, 0.15) is 0 Å². The van der Waals surface area contributed by atoms with Crippen LogP contribution in [0.2, 0.25) is 0 Å². The van der Waals surface area contributed by atoms with Crippen LogP contribution in [0, 0.1) is 0 Å². The fourth-order valence-electron chi connectivity index (χ4n) is 1.89. The normalized spacial score (nSPS) is 11.8.